The fourth-order valence-electron chi connectivity index (χ4n) is 3.46. The molecule has 0 fully saturated rings. The van der Waals surface area contributed by atoms with Gasteiger partial charge >= 0.3 is 5.63 Å². The Kier molecular flexibility index (Phi) is 2.91. The van der Waals surface area contributed by atoms with Crippen LogP contribution in [0.4, 0.5) is 0 Å². The van der Waals surface area contributed by atoms with Gasteiger partial charge in [-0.3, -0.25) is 4.68 Å². The standard InChI is InChI=1S/C18H14N4O3/c1-22-16-14(8-21-22)17(20-9-19-16)24-10-5-6-12-11-3-2-4-13(11)18(23)25-15(12)7-10/h5-9H,2-4H2,1H3. The van der Waals surface area contributed by atoms with E-state index in [1.165, 1.54) is 6.33 Å². The molecule has 7 heteroatoms. The minimum Gasteiger partial charge on any atom is -0.438 e. The molecule has 1 aliphatic carbocycles. The Labute approximate surface area is 141 Å². The average molecular weight is 334 g/mol. The maximum absolute atomic E-state index is 12.1. The summed E-state index contributed by atoms with van der Waals surface area (Å²) in [5, 5.41) is 5.88. The lowest BCUT2D eigenvalue weighted by Gasteiger charge is -2.08. The third kappa shape index (κ3) is 2.12. The van der Waals surface area contributed by atoms with Crippen molar-refractivity contribution >= 4 is 22.0 Å². The van der Waals surface area contributed by atoms with Crippen molar-refractivity contribution in [1.82, 2.24) is 19.7 Å². The molecule has 0 aliphatic heterocycles. The maximum atomic E-state index is 12.1. The first-order valence-corrected chi connectivity index (χ1v) is 8.10. The minimum absolute atomic E-state index is 0.242. The molecule has 4 aromatic rings. The summed E-state index contributed by atoms with van der Waals surface area (Å²) in [6, 6.07) is 5.55. The Morgan fingerprint density at radius 1 is 1.16 bits per heavy atom. The number of hydrogen-bond acceptors (Lipinski definition) is 6. The summed E-state index contributed by atoms with van der Waals surface area (Å²) in [7, 11) is 1.81. The predicted molar refractivity (Wildman–Crippen MR) is 90.9 cm³/mol. The van der Waals surface area contributed by atoms with Crippen LogP contribution in [0.5, 0.6) is 11.6 Å². The highest BCUT2D eigenvalue weighted by Crippen LogP contribution is 2.32. The van der Waals surface area contributed by atoms with E-state index >= 15 is 0 Å². The SMILES string of the molecule is Cn1ncc2c(Oc3ccc4c5c(c(=O)oc4c3)CCC5)ncnc21. The van der Waals surface area contributed by atoms with Crippen LogP contribution in [-0.4, -0.2) is 19.7 Å². The van der Waals surface area contributed by atoms with Gasteiger partial charge in [0.25, 0.3) is 0 Å². The Bertz CT molecular complexity index is 1190. The number of hydrogen-bond donors (Lipinski definition) is 0. The van der Waals surface area contributed by atoms with Crippen molar-refractivity contribution in [2.45, 2.75) is 19.3 Å². The van der Waals surface area contributed by atoms with Gasteiger partial charge in [0.05, 0.1) is 6.20 Å². The summed E-state index contributed by atoms with van der Waals surface area (Å²) in [5.41, 5.74) is 2.91. The molecule has 0 radical (unpaired) electrons. The van der Waals surface area contributed by atoms with E-state index in [2.05, 4.69) is 15.1 Å². The van der Waals surface area contributed by atoms with Crippen LogP contribution >= 0.6 is 0 Å². The van der Waals surface area contributed by atoms with Crippen molar-refractivity contribution in [2.24, 2.45) is 7.05 Å². The molecule has 7 nitrogen and oxygen atoms in total. The first-order chi connectivity index (χ1) is 12.2. The first-order valence-electron chi connectivity index (χ1n) is 8.10. The summed E-state index contributed by atoms with van der Waals surface area (Å²) in [6.07, 6.45) is 5.81. The molecule has 0 unspecified atom stereocenters. The molecule has 0 bridgehead atoms. The number of rotatable bonds is 2. The number of nitrogens with zero attached hydrogens (tertiary/aromatic N) is 4. The van der Waals surface area contributed by atoms with Crippen molar-refractivity contribution in [2.75, 3.05) is 0 Å². The third-order valence-corrected chi connectivity index (χ3v) is 4.65. The van der Waals surface area contributed by atoms with Gasteiger partial charge in [0.1, 0.15) is 23.0 Å². The zero-order valence-corrected chi connectivity index (χ0v) is 13.5. The van der Waals surface area contributed by atoms with Crippen LogP contribution < -0.4 is 10.4 Å². The number of aromatic nitrogens is 4. The molecule has 0 atom stereocenters. The van der Waals surface area contributed by atoms with E-state index in [-0.39, 0.29) is 5.63 Å². The topological polar surface area (TPSA) is 83.0 Å². The van der Waals surface area contributed by atoms with Crippen molar-refractivity contribution in [1.29, 1.82) is 0 Å². The van der Waals surface area contributed by atoms with Gasteiger partial charge in [0.2, 0.25) is 5.88 Å². The summed E-state index contributed by atoms with van der Waals surface area (Å²) in [5.74, 6) is 0.971. The van der Waals surface area contributed by atoms with Gasteiger partial charge in [-0.2, -0.15) is 5.10 Å². The van der Waals surface area contributed by atoms with Crippen LogP contribution in [0.25, 0.3) is 22.0 Å². The molecule has 3 heterocycles. The maximum Gasteiger partial charge on any atom is 0.339 e. The van der Waals surface area contributed by atoms with Gasteiger partial charge < -0.3 is 9.15 Å². The van der Waals surface area contributed by atoms with Crippen molar-refractivity contribution in [3.63, 3.8) is 0 Å². The van der Waals surface area contributed by atoms with Gasteiger partial charge in [0, 0.05) is 24.1 Å². The molecular formula is C18H14N4O3. The number of benzene rings is 1. The Hall–Kier alpha value is -3.22. The van der Waals surface area contributed by atoms with E-state index in [0.29, 0.717) is 22.9 Å². The lowest BCUT2D eigenvalue weighted by atomic mass is 10.1. The zero-order chi connectivity index (χ0) is 17.0. The molecule has 3 aromatic heterocycles. The molecule has 5 rings (SSSR count). The summed E-state index contributed by atoms with van der Waals surface area (Å²) in [4.78, 5) is 20.5. The second-order valence-electron chi connectivity index (χ2n) is 6.14. The van der Waals surface area contributed by atoms with Crippen LogP contribution in [0.15, 0.2) is 39.9 Å². The monoisotopic (exact) mass is 334 g/mol. The molecule has 0 saturated heterocycles. The molecule has 0 spiro atoms. The molecule has 0 saturated carbocycles. The van der Waals surface area contributed by atoms with Gasteiger partial charge in [-0.05, 0) is 37.0 Å². The van der Waals surface area contributed by atoms with Gasteiger partial charge in [-0.25, -0.2) is 14.8 Å². The molecule has 25 heavy (non-hydrogen) atoms. The van der Waals surface area contributed by atoms with Crippen molar-refractivity contribution in [3.05, 3.63) is 52.3 Å². The minimum atomic E-state index is -0.242. The highest BCUT2D eigenvalue weighted by Gasteiger charge is 2.20. The highest BCUT2D eigenvalue weighted by molar-refractivity contribution is 5.84. The van der Waals surface area contributed by atoms with Crippen LogP contribution in [0, 0.1) is 0 Å². The summed E-state index contributed by atoms with van der Waals surface area (Å²) in [6.45, 7) is 0. The molecule has 0 amide bonds. The average Bonchev–Trinajstić information content (AvgIpc) is 3.24. The normalized spacial score (nSPS) is 13.5. The van der Waals surface area contributed by atoms with E-state index in [1.54, 1.807) is 16.9 Å². The van der Waals surface area contributed by atoms with Crippen LogP contribution in [0.2, 0.25) is 0 Å². The van der Waals surface area contributed by atoms with Gasteiger partial charge in [-0.1, -0.05) is 0 Å². The third-order valence-electron chi connectivity index (χ3n) is 4.65. The molecule has 0 N–H and O–H groups in total. The largest absolute Gasteiger partial charge is 0.438 e. The van der Waals surface area contributed by atoms with Crippen LogP contribution in [-0.2, 0) is 19.9 Å². The molecule has 1 aromatic carbocycles. The van der Waals surface area contributed by atoms with E-state index in [9.17, 15) is 4.79 Å². The Balaban J connectivity index is 1.61. The smallest absolute Gasteiger partial charge is 0.339 e. The predicted octanol–water partition coefficient (Wildman–Crippen LogP) is 2.75. The van der Waals surface area contributed by atoms with E-state index in [1.807, 2.05) is 19.2 Å². The number of ether oxygens (including phenoxy) is 1. The van der Waals surface area contributed by atoms with Crippen molar-refractivity contribution in [3.8, 4) is 11.6 Å². The zero-order valence-electron chi connectivity index (χ0n) is 13.5. The quantitative estimate of drug-likeness (QED) is 0.524. The lowest BCUT2D eigenvalue weighted by Crippen LogP contribution is -2.06. The summed E-state index contributed by atoms with van der Waals surface area (Å²) < 4.78 is 13.1. The van der Waals surface area contributed by atoms with E-state index in [0.717, 1.165) is 41.2 Å². The summed E-state index contributed by atoms with van der Waals surface area (Å²) >= 11 is 0. The second kappa shape index (κ2) is 5.14. The van der Waals surface area contributed by atoms with Crippen LogP contribution in [0.3, 0.4) is 0 Å². The van der Waals surface area contributed by atoms with Crippen LogP contribution in [0.1, 0.15) is 17.5 Å². The molecule has 1 aliphatic rings. The second-order valence-corrected chi connectivity index (χ2v) is 6.14. The lowest BCUT2D eigenvalue weighted by molar-refractivity contribution is 0.466. The number of aryl methyl sites for hydroxylation is 2. The highest BCUT2D eigenvalue weighted by atomic mass is 16.5. The van der Waals surface area contributed by atoms with E-state index in [4.69, 9.17) is 9.15 Å². The Morgan fingerprint density at radius 2 is 2.04 bits per heavy atom. The van der Waals surface area contributed by atoms with Crippen molar-refractivity contribution < 1.29 is 9.15 Å². The number of fused-ring (bicyclic) bond motifs is 4. The Morgan fingerprint density at radius 3 is 2.96 bits per heavy atom. The van der Waals surface area contributed by atoms with E-state index < -0.39 is 0 Å². The fraction of sp³-hybridized carbons (Fsp3) is 0.222. The first kappa shape index (κ1) is 14.2. The fourth-order valence-corrected chi connectivity index (χ4v) is 3.46. The van der Waals surface area contributed by atoms with Gasteiger partial charge in [0.15, 0.2) is 5.65 Å². The van der Waals surface area contributed by atoms with Gasteiger partial charge in [-0.15, -0.1) is 0 Å². The molecule has 124 valence electrons. The molecular weight excluding hydrogens is 320 g/mol.